The summed E-state index contributed by atoms with van der Waals surface area (Å²) in [6.07, 6.45) is 0. The summed E-state index contributed by atoms with van der Waals surface area (Å²) in [6, 6.07) is 19.9. The molecule has 0 aliphatic rings. The van der Waals surface area contributed by atoms with Crippen molar-refractivity contribution in [2.75, 3.05) is 0 Å². The summed E-state index contributed by atoms with van der Waals surface area (Å²) in [5, 5.41) is 14.3. The van der Waals surface area contributed by atoms with Crippen molar-refractivity contribution >= 4 is 22.6 Å². The number of carboxylic acid groups (broad SMARTS) is 1. The van der Waals surface area contributed by atoms with Gasteiger partial charge in [-0.15, -0.1) is 0 Å². The molecule has 0 fully saturated rings. The lowest BCUT2D eigenvalue weighted by atomic mass is 9.99. The number of amides is 1. The Morgan fingerprint density at radius 1 is 0.875 bits per heavy atom. The molecule has 24 heavy (non-hydrogen) atoms. The Kier molecular flexibility index (Phi) is 4.29. The van der Waals surface area contributed by atoms with Crippen LogP contribution in [0.5, 0.6) is 0 Å². The molecule has 0 saturated carbocycles. The van der Waals surface area contributed by atoms with Crippen LogP contribution in [0, 0.1) is 0 Å². The first kappa shape index (κ1) is 15.7. The summed E-state index contributed by atoms with van der Waals surface area (Å²) in [5.41, 5.74) is 1.16. The van der Waals surface area contributed by atoms with Crippen LogP contribution in [0.15, 0.2) is 66.7 Å². The molecule has 0 aliphatic carbocycles. The molecule has 120 valence electrons. The number of carbonyl (C=O) groups excluding carboxylic acids is 1. The second-order valence-electron chi connectivity index (χ2n) is 5.61. The van der Waals surface area contributed by atoms with Gasteiger partial charge in [0.15, 0.2) is 0 Å². The highest BCUT2D eigenvalue weighted by Crippen LogP contribution is 2.24. The fraction of sp³-hybridized carbons (Fsp3) is 0.100. The molecule has 0 aliphatic heterocycles. The molecule has 3 rings (SSSR count). The van der Waals surface area contributed by atoms with Gasteiger partial charge in [0.1, 0.15) is 0 Å². The van der Waals surface area contributed by atoms with E-state index < -0.39 is 11.9 Å². The summed E-state index contributed by atoms with van der Waals surface area (Å²) in [7, 11) is 0. The van der Waals surface area contributed by atoms with E-state index in [-0.39, 0.29) is 17.2 Å². The van der Waals surface area contributed by atoms with E-state index in [1.807, 2.05) is 49.4 Å². The highest BCUT2D eigenvalue weighted by Gasteiger charge is 2.18. The van der Waals surface area contributed by atoms with Gasteiger partial charge in [-0.05, 0) is 35.4 Å². The molecule has 0 unspecified atom stereocenters. The Morgan fingerprint density at radius 2 is 1.50 bits per heavy atom. The highest BCUT2D eigenvalue weighted by molar-refractivity contribution is 6.05. The molecular weight excluding hydrogens is 302 g/mol. The maximum absolute atomic E-state index is 12.5. The number of carbonyl (C=O) groups is 2. The van der Waals surface area contributed by atoms with Gasteiger partial charge in [-0.25, -0.2) is 4.79 Å². The average Bonchev–Trinajstić information content (AvgIpc) is 2.61. The number of nitrogens with one attached hydrogen (secondary N) is 1. The third kappa shape index (κ3) is 2.99. The number of benzene rings is 3. The summed E-state index contributed by atoms with van der Waals surface area (Å²) in [4.78, 5) is 23.8. The standard InChI is InChI=1S/C20H17NO3/c1-13(15-12-6-8-14-7-2-3-9-16(14)15)21-19(22)17-10-4-5-11-18(17)20(23)24/h2-13H,1H3,(H,21,22)(H,23,24)/t13-/m0/s1. The fourth-order valence-corrected chi connectivity index (χ4v) is 2.85. The van der Waals surface area contributed by atoms with Crippen LogP contribution in [0.2, 0.25) is 0 Å². The first-order chi connectivity index (χ1) is 11.6. The van der Waals surface area contributed by atoms with Crippen LogP contribution >= 0.6 is 0 Å². The van der Waals surface area contributed by atoms with E-state index in [9.17, 15) is 14.7 Å². The van der Waals surface area contributed by atoms with E-state index in [1.54, 1.807) is 12.1 Å². The van der Waals surface area contributed by atoms with Crippen molar-refractivity contribution in [2.24, 2.45) is 0 Å². The van der Waals surface area contributed by atoms with Crippen LogP contribution in [0.4, 0.5) is 0 Å². The number of fused-ring (bicyclic) bond motifs is 1. The molecule has 1 atom stereocenters. The second kappa shape index (κ2) is 6.54. The maximum atomic E-state index is 12.5. The minimum Gasteiger partial charge on any atom is -0.478 e. The van der Waals surface area contributed by atoms with Crippen molar-refractivity contribution in [3.63, 3.8) is 0 Å². The predicted molar refractivity (Wildman–Crippen MR) is 93.2 cm³/mol. The molecule has 3 aromatic rings. The Morgan fingerprint density at radius 3 is 2.25 bits per heavy atom. The van der Waals surface area contributed by atoms with E-state index >= 15 is 0 Å². The van der Waals surface area contributed by atoms with Crippen LogP contribution < -0.4 is 5.32 Å². The molecular formula is C20H17NO3. The lowest BCUT2D eigenvalue weighted by Crippen LogP contribution is -2.28. The Balaban J connectivity index is 1.91. The number of hydrogen-bond acceptors (Lipinski definition) is 2. The van der Waals surface area contributed by atoms with Crippen molar-refractivity contribution < 1.29 is 14.7 Å². The summed E-state index contributed by atoms with van der Waals surface area (Å²) in [5.74, 6) is -1.51. The summed E-state index contributed by atoms with van der Waals surface area (Å²) >= 11 is 0. The average molecular weight is 319 g/mol. The van der Waals surface area contributed by atoms with Crippen molar-refractivity contribution in [2.45, 2.75) is 13.0 Å². The molecule has 1 amide bonds. The number of aromatic carboxylic acids is 1. The number of carboxylic acids is 1. The predicted octanol–water partition coefficient (Wildman–Crippen LogP) is 4.03. The van der Waals surface area contributed by atoms with Crippen molar-refractivity contribution in [3.8, 4) is 0 Å². The Labute approximate surface area is 139 Å². The van der Waals surface area contributed by atoms with Gasteiger partial charge in [-0.1, -0.05) is 54.6 Å². The molecule has 0 heterocycles. The third-order valence-corrected chi connectivity index (χ3v) is 4.04. The fourth-order valence-electron chi connectivity index (χ4n) is 2.85. The molecule has 4 nitrogen and oxygen atoms in total. The zero-order valence-corrected chi connectivity index (χ0v) is 13.2. The lowest BCUT2D eigenvalue weighted by Gasteiger charge is -2.17. The van der Waals surface area contributed by atoms with Crippen LogP contribution in [-0.2, 0) is 0 Å². The van der Waals surface area contributed by atoms with Gasteiger partial charge in [-0.2, -0.15) is 0 Å². The van der Waals surface area contributed by atoms with Crippen LogP contribution in [-0.4, -0.2) is 17.0 Å². The van der Waals surface area contributed by atoms with Crippen molar-refractivity contribution in [3.05, 3.63) is 83.4 Å². The largest absolute Gasteiger partial charge is 0.478 e. The first-order valence-corrected chi connectivity index (χ1v) is 7.69. The van der Waals surface area contributed by atoms with E-state index in [1.165, 1.54) is 12.1 Å². The molecule has 3 aromatic carbocycles. The molecule has 0 bridgehead atoms. The summed E-state index contributed by atoms with van der Waals surface area (Å²) < 4.78 is 0. The van der Waals surface area contributed by atoms with Gasteiger partial charge in [0, 0.05) is 0 Å². The quantitative estimate of drug-likeness (QED) is 0.763. The van der Waals surface area contributed by atoms with Gasteiger partial charge < -0.3 is 10.4 Å². The van der Waals surface area contributed by atoms with E-state index in [0.29, 0.717) is 0 Å². The number of rotatable bonds is 4. The normalized spacial score (nSPS) is 11.9. The lowest BCUT2D eigenvalue weighted by molar-refractivity contribution is 0.0690. The Hall–Kier alpha value is -3.14. The second-order valence-corrected chi connectivity index (χ2v) is 5.61. The Bertz CT molecular complexity index is 912. The maximum Gasteiger partial charge on any atom is 0.336 e. The molecule has 0 aromatic heterocycles. The van der Waals surface area contributed by atoms with E-state index in [2.05, 4.69) is 5.32 Å². The van der Waals surface area contributed by atoms with Crippen LogP contribution in [0.25, 0.3) is 10.8 Å². The van der Waals surface area contributed by atoms with Crippen molar-refractivity contribution in [1.82, 2.24) is 5.32 Å². The van der Waals surface area contributed by atoms with E-state index in [0.717, 1.165) is 16.3 Å². The zero-order chi connectivity index (χ0) is 17.1. The van der Waals surface area contributed by atoms with Crippen molar-refractivity contribution in [1.29, 1.82) is 0 Å². The monoisotopic (exact) mass is 319 g/mol. The van der Waals surface area contributed by atoms with Gasteiger partial charge in [-0.3, -0.25) is 4.79 Å². The third-order valence-electron chi connectivity index (χ3n) is 4.04. The topological polar surface area (TPSA) is 66.4 Å². The van der Waals surface area contributed by atoms with Gasteiger partial charge in [0.2, 0.25) is 0 Å². The van der Waals surface area contributed by atoms with Crippen LogP contribution in [0.1, 0.15) is 39.2 Å². The molecule has 2 N–H and O–H groups in total. The molecule has 0 radical (unpaired) electrons. The zero-order valence-electron chi connectivity index (χ0n) is 13.2. The van der Waals surface area contributed by atoms with Crippen LogP contribution in [0.3, 0.4) is 0 Å². The smallest absolute Gasteiger partial charge is 0.336 e. The molecule has 0 spiro atoms. The SMILES string of the molecule is C[C@H](NC(=O)c1ccccc1C(=O)O)c1cccc2ccccc12. The minimum absolute atomic E-state index is 0.000111. The minimum atomic E-state index is -1.11. The van der Waals surface area contributed by atoms with E-state index in [4.69, 9.17) is 0 Å². The number of hydrogen-bond donors (Lipinski definition) is 2. The molecule has 4 heteroatoms. The van der Waals surface area contributed by atoms with Gasteiger partial charge in [0.25, 0.3) is 5.91 Å². The highest BCUT2D eigenvalue weighted by atomic mass is 16.4. The van der Waals surface area contributed by atoms with Gasteiger partial charge in [0.05, 0.1) is 17.2 Å². The first-order valence-electron chi connectivity index (χ1n) is 7.69. The summed E-state index contributed by atoms with van der Waals surface area (Å²) in [6.45, 7) is 1.89. The van der Waals surface area contributed by atoms with Gasteiger partial charge >= 0.3 is 5.97 Å². The molecule has 0 saturated heterocycles.